The molecular formula is C9H11N3O2. The molecule has 0 amide bonds. The first-order valence-corrected chi connectivity index (χ1v) is 4.05. The van der Waals surface area contributed by atoms with Crippen molar-refractivity contribution in [2.45, 2.75) is 0 Å². The normalized spacial score (nSPS) is 10.4. The molecular weight excluding hydrogens is 182 g/mol. The number of hydrogen-bond donors (Lipinski definition) is 0. The second-order valence-electron chi connectivity index (χ2n) is 2.94. The van der Waals surface area contributed by atoms with Gasteiger partial charge in [-0.15, -0.1) is 0 Å². The van der Waals surface area contributed by atoms with Gasteiger partial charge >= 0.3 is 0 Å². The second-order valence-corrected chi connectivity index (χ2v) is 2.94. The lowest BCUT2D eigenvalue weighted by Gasteiger charge is -2.01. The Morgan fingerprint density at radius 2 is 2.21 bits per heavy atom. The quantitative estimate of drug-likeness (QED) is 0.415. The van der Waals surface area contributed by atoms with Crippen LogP contribution in [-0.2, 0) is 0 Å². The van der Waals surface area contributed by atoms with Crippen molar-refractivity contribution in [1.29, 1.82) is 0 Å². The molecule has 5 nitrogen and oxygen atoms in total. The molecule has 5 heteroatoms. The van der Waals surface area contributed by atoms with Crippen LogP contribution in [-0.4, -0.2) is 30.2 Å². The second kappa shape index (κ2) is 4.36. The summed E-state index contributed by atoms with van der Waals surface area (Å²) in [5, 5.41) is 16.0. The van der Waals surface area contributed by atoms with E-state index in [0.29, 0.717) is 5.56 Å². The van der Waals surface area contributed by atoms with Crippen LogP contribution in [0.4, 0.5) is 5.69 Å². The molecule has 0 N–H and O–H groups in total. The molecule has 0 aliphatic heterocycles. The lowest BCUT2D eigenvalue weighted by molar-refractivity contribution is -0.384. The van der Waals surface area contributed by atoms with Crippen LogP contribution in [0.3, 0.4) is 0 Å². The fourth-order valence-electron chi connectivity index (χ4n) is 0.901. The van der Waals surface area contributed by atoms with E-state index in [1.165, 1.54) is 12.1 Å². The lowest BCUT2D eigenvalue weighted by Crippen LogP contribution is -2.02. The minimum Gasteiger partial charge on any atom is -0.303 e. The SMILES string of the molecule is CN(C)/N=C/c1cccc([N+](=O)[O-])c1. The van der Waals surface area contributed by atoms with E-state index in [0.717, 1.165) is 0 Å². The van der Waals surface area contributed by atoms with Gasteiger partial charge in [0.15, 0.2) is 0 Å². The number of non-ortho nitro benzene ring substituents is 1. The Labute approximate surface area is 81.8 Å². The van der Waals surface area contributed by atoms with Gasteiger partial charge in [0.25, 0.3) is 5.69 Å². The van der Waals surface area contributed by atoms with Crippen molar-refractivity contribution < 1.29 is 4.92 Å². The van der Waals surface area contributed by atoms with Crippen molar-refractivity contribution in [2.75, 3.05) is 14.1 Å². The van der Waals surface area contributed by atoms with Gasteiger partial charge in [0.1, 0.15) is 0 Å². The highest BCUT2D eigenvalue weighted by molar-refractivity contribution is 5.80. The predicted molar refractivity (Wildman–Crippen MR) is 54.4 cm³/mol. The average Bonchev–Trinajstić information content (AvgIpc) is 2.15. The Hall–Kier alpha value is -1.91. The zero-order valence-corrected chi connectivity index (χ0v) is 8.04. The van der Waals surface area contributed by atoms with E-state index in [1.54, 1.807) is 37.5 Å². The molecule has 1 aromatic carbocycles. The fraction of sp³-hybridized carbons (Fsp3) is 0.222. The number of benzene rings is 1. The Kier molecular flexibility index (Phi) is 3.17. The number of hydrazone groups is 1. The fourth-order valence-corrected chi connectivity index (χ4v) is 0.901. The number of nitrogens with zero attached hydrogens (tertiary/aromatic N) is 3. The van der Waals surface area contributed by atoms with Crippen LogP contribution in [0.25, 0.3) is 0 Å². The van der Waals surface area contributed by atoms with Crippen molar-refractivity contribution >= 4 is 11.9 Å². The van der Waals surface area contributed by atoms with Gasteiger partial charge in [-0.2, -0.15) is 5.10 Å². The van der Waals surface area contributed by atoms with E-state index in [4.69, 9.17) is 0 Å². The molecule has 0 saturated carbocycles. The van der Waals surface area contributed by atoms with Crippen molar-refractivity contribution in [3.63, 3.8) is 0 Å². The van der Waals surface area contributed by atoms with E-state index in [1.807, 2.05) is 0 Å². The first-order chi connectivity index (χ1) is 6.59. The third kappa shape index (κ3) is 2.85. The van der Waals surface area contributed by atoms with Crippen molar-refractivity contribution in [3.8, 4) is 0 Å². The van der Waals surface area contributed by atoms with Gasteiger partial charge in [0.05, 0.1) is 11.1 Å². The minimum atomic E-state index is -0.424. The van der Waals surface area contributed by atoms with Crippen LogP contribution >= 0.6 is 0 Å². The summed E-state index contributed by atoms with van der Waals surface area (Å²) < 4.78 is 0. The number of nitro benzene ring substituents is 1. The highest BCUT2D eigenvalue weighted by Gasteiger charge is 2.03. The molecule has 0 aliphatic carbocycles. The molecule has 0 radical (unpaired) electrons. The van der Waals surface area contributed by atoms with Gasteiger partial charge in [-0.3, -0.25) is 10.1 Å². The summed E-state index contributed by atoms with van der Waals surface area (Å²) in [4.78, 5) is 10.0. The molecule has 0 aliphatic rings. The Morgan fingerprint density at radius 1 is 1.50 bits per heavy atom. The standard InChI is InChI=1S/C9H11N3O2/c1-11(2)10-7-8-4-3-5-9(6-8)12(13)14/h3-7H,1-2H3/b10-7+. The Balaban J connectivity index is 2.89. The van der Waals surface area contributed by atoms with Gasteiger partial charge in [0, 0.05) is 31.8 Å². The maximum absolute atomic E-state index is 10.4. The van der Waals surface area contributed by atoms with Crippen LogP contribution in [0.5, 0.6) is 0 Å². The van der Waals surface area contributed by atoms with E-state index in [-0.39, 0.29) is 5.69 Å². The molecule has 0 fully saturated rings. The van der Waals surface area contributed by atoms with E-state index >= 15 is 0 Å². The molecule has 0 saturated heterocycles. The van der Waals surface area contributed by atoms with Gasteiger partial charge in [-0.05, 0) is 0 Å². The van der Waals surface area contributed by atoms with Crippen LogP contribution in [0.2, 0.25) is 0 Å². The summed E-state index contributed by atoms with van der Waals surface area (Å²) >= 11 is 0. The number of hydrogen-bond acceptors (Lipinski definition) is 4. The van der Waals surface area contributed by atoms with Gasteiger partial charge in [-0.25, -0.2) is 0 Å². The lowest BCUT2D eigenvalue weighted by atomic mass is 10.2. The summed E-state index contributed by atoms with van der Waals surface area (Å²) in [6, 6.07) is 6.33. The molecule has 0 atom stereocenters. The zero-order chi connectivity index (χ0) is 10.6. The first-order valence-electron chi connectivity index (χ1n) is 4.05. The van der Waals surface area contributed by atoms with Gasteiger partial charge < -0.3 is 5.01 Å². The predicted octanol–water partition coefficient (Wildman–Crippen LogP) is 1.49. The largest absolute Gasteiger partial charge is 0.303 e. The van der Waals surface area contributed by atoms with Crippen LogP contribution < -0.4 is 0 Å². The average molecular weight is 193 g/mol. The third-order valence-corrected chi connectivity index (χ3v) is 1.52. The number of rotatable bonds is 3. The van der Waals surface area contributed by atoms with E-state index in [9.17, 15) is 10.1 Å². The molecule has 1 aromatic rings. The Morgan fingerprint density at radius 3 is 2.79 bits per heavy atom. The molecule has 0 spiro atoms. The summed E-state index contributed by atoms with van der Waals surface area (Å²) in [7, 11) is 3.57. The van der Waals surface area contributed by atoms with Gasteiger partial charge in [-0.1, -0.05) is 12.1 Å². The monoisotopic (exact) mass is 193 g/mol. The minimum absolute atomic E-state index is 0.0766. The van der Waals surface area contributed by atoms with Crippen LogP contribution in [0.15, 0.2) is 29.4 Å². The molecule has 0 aromatic heterocycles. The third-order valence-electron chi connectivity index (χ3n) is 1.52. The topological polar surface area (TPSA) is 58.7 Å². The molecule has 14 heavy (non-hydrogen) atoms. The smallest absolute Gasteiger partial charge is 0.270 e. The molecule has 0 unspecified atom stereocenters. The highest BCUT2D eigenvalue weighted by Crippen LogP contribution is 2.11. The summed E-state index contributed by atoms with van der Waals surface area (Å²) in [6.45, 7) is 0. The van der Waals surface area contributed by atoms with Crippen molar-refractivity contribution in [3.05, 3.63) is 39.9 Å². The molecule has 1 rings (SSSR count). The van der Waals surface area contributed by atoms with E-state index in [2.05, 4.69) is 5.10 Å². The van der Waals surface area contributed by atoms with Crippen LogP contribution in [0.1, 0.15) is 5.56 Å². The molecule has 0 heterocycles. The maximum atomic E-state index is 10.4. The molecule has 74 valence electrons. The molecule has 0 bridgehead atoms. The maximum Gasteiger partial charge on any atom is 0.270 e. The highest BCUT2D eigenvalue weighted by atomic mass is 16.6. The zero-order valence-electron chi connectivity index (χ0n) is 8.04. The summed E-state index contributed by atoms with van der Waals surface area (Å²) in [5.74, 6) is 0. The number of nitro groups is 1. The summed E-state index contributed by atoms with van der Waals surface area (Å²) in [6.07, 6.45) is 1.58. The van der Waals surface area contributed by atoms with Crippen LogP contribution in [0, 0.1) is 10.1 Å². The Bertz CT molecular complexity index is 361. The van der Waals surface area contributed by atoms with Crippen molar-refractivity contribution in [1.82, 2.24) is 5.01 Å². The van der Waals surface area contributed by atoms with E-state index < -0.39 is 4.92 Å². The first kappa shape index (κ1) is 10.2. The summed E-state index contributed by atoms with van der Waals surface area (Å²) in [5.41, 5.74) is 0.792. The van der Waals surface area contributed by atoms with Gasteiger partial charge in [0.2, 0.25) is 0 Å². The van der Waals surface area contributed by atoms with Crippen molar-refractivity contribution in [2.24, 2.45) is 5.10 Å².